The van der Waals surface area contributed by atoms with Gasteiger partial charge >= 0.3 is 0 Å². The van der Waals surface area contributed by atoms with Gasteiger partial charge < -0.3 is 19.0 Å². The standard InChI is InChI=1S/C26H30FN3O2S2/c1-6-33-29-18-8-10-23(32-24-9-7-17(13-22(24)27)16-34(3,4)5)20(14-18)21-15-30(2)26(31)25-19(21)11-12-28-25/h7-15,28-29H,6,16H2,1-5H3. The van der Waals surface area contributed by atoms with E-state index in [1.54, 1.807) is 48.1 Å². The van der Waals surface area contributed by atoms with E-state index in [0.717, 1.165) is 39.3 Å². The van der Waals surface area contributed by atoms with Crippen LogP contribution in [0, 0.1) is 5.82 Å². The van der Waals surface area contributed by atoms with E-state index in [-0.39, 0.29) is 17.1 Å². The third kappa shape index (κ3) is 5.28. The molecule has 5 nitrogen and oxygen atoms in total. The number of rotatable bonds is 8. The normalized spacial score (nSPS) is 12.2. The first kappa shape index (κ1) is 24.3. The van der Waals surface area contributed by atoms with Crippen LogP contribution in [0.15, 0.2) is 59.7 Å². The van der Waals surface area contributed by atoms with Gasteiger partial charge in [0.2, 0.25) is 0 Å². The molecule has 2 heterocycles. The minimum absolute atomic E-state index is 0.107. The number of H-pyrrole nitrogens is 1. The van der Waals surface area contributed by atoms with E-state index in [1.165, 1.54) is 0 Å². The van der Waals surface area contributed by atoms with Crippen LogP contribution < -0.4 is 15.0 Å². The van der Waals surface area contributed by atoms with Gasteiger partial charge in [0, 0.05) is 53.1 Å². The first-order chi connectivity index (χ1) is 16.2. The Morgan fingerprint density at radius 2 is 1.85 bits per heavy atom. The molecule has 0 aliphatic carbocycles. The lowest BCUT2D eigenvalue weighted by Crippen LogP contribution is -2.16. The molecule has 0 saturated heterocycles. The Labute approximate surface area is 205 Å². The highest BCUT2D eigenvalue weighted by Gasteiger charge is 2.17. The van der Waals surface area contributed by atoms with E-state index in [9.17, 15) is 4.79 Å². The van der Waals surface area contributed by atoms with Crippen molar-refractivity contribution in [3.63, 3.8) is 0 Å². The van der Waals surface area contributed by atoms with Crippen molar-refractivity contribution in [3.05, 3.63) is 76.6 Å². The predicted molar refractivity (Wildman–Crippen MR) is 146 cm³/mol. The number of aromatic amines is 1. The van der Waals surface area contributed by atoms with E-state index in [1.807, 2.05) is 30.3 Å². The Morgan fingerprint density at radius 3 is 2.56 bits per heavy atom. The van der Waals surface area contributed by atoms with E-state index < -0.39 is 10.0 Å². The summed E-state index contributed by atoms with van der Waals surface area (Å²) in [7, 11) is 0.928. The van der Waals surface area contributed by atoms with Crippen molar-refractivity contribution in [2.75, 3.05) is 29.2 Å². The first-order valence-electron chi connectivity index (χ1n) is 11.0. The molecule has 4 rings (SSSR count). The molecule has 0 aliphatic heterocycles. The number of halogens is 1. The third-order valence-electron chi connectivity index (χ3n) is 5.31. The molecule has 2 aromatic heterocycles. The molecule has 0 fully saturated rings. The van der Waals surface area contributed by atoms with Gasteiger partial charge in [-0.2, -0.15) is 0 Å². The van der Waals surface area contributed by atoms with E-state index >= 15 is 4.39 Å². The Bertz CT molecular complexity index is 1390. The van der Waals surface area contributed by atoms with Crippen LogP contribution in [0.2, 0.25) is 0 Å². The minimum atomic E-state index is -0.791. The Morgan fingerprint density at radius 1 is 1.09 bits per heavy atom. The van der Waals surface area contributed by atoms with Gasteiger partial charge in [-0.25, -0.2) is 14.4 Å². The zero-order valence-electron chi connectivity index (χ0n) is 20.1. The maximum Gasteiger partial charge on any atom is 0.274 e. The zero-order chi connectivity index (χ0) is 24.5. The lowest BCUT2D eigenvalue weighted by molar-refractivity contribution is 0.443. The average molecular weight is 500 g/mol. The molecule has 0 radical (unpaired) electrons. The molecule has 2 aromatic carbocycles. The molecule has 0 unspecified atom stereocenters. The smallest absolute Gasteiger partial charge is 0.274 e. The van der Waals surface area contributed by atoms with Crippen molar-refractivity contribution in [2.24, 2.45) is 7.05 Å². The van der Waals surface area contributed by atoms with Crippen molar-refractivity contribution in [2.45, 2.75) is 12.7 Å². The maximum atomic E-state index is 15.0. The SMILES string of the molecule is CCSNc1ccc(Oc2ccc(CS(C)(C)C)cc2F)c(-c2cn(C)c(=O)c3[nH]ccc23)c1. The second-order valence-electron chi connectivity index (χ2n) is 9.07. The molecular formula is C26H30FN3O2S2. The molecule has 34 heavy (non-hydrogen) atoms. The number of fused-ring (bicyclic) bond motifs is 1. The Hall–Kier alpha value is -2.84. The summed E-state index contributed by atoms with van der Waals surface area (Å²) < 4.78 is 26.0. The van der Waals surface area contributed by atoms with Crippen LogP contribution in [0.4, 0.5) is 10.1 Å². The number of hydrogen-bond donors (Lipinski definition) is 2. The highest BCUT2D eigenvalue weighted by molar-refractivity contribution is 8.31. The minimum Gasteiger partial charge on any atom is -0.454 e. The number of aryl methyl sites for hydroxylation is 1. The van der Waals surface area contributed by atoms with Crippen molar-refractivity contribution in [3.8, 4) is 22.6 Å². The molecule has 180 valence electrons. The van der Waals surface area contributed by atoms with Gasteiger partial charge in [0.15, 0.2) is 11.6 Å². The predicted octanol–water partition coefficient (Wildman–Crippen LogP) is 6.74. The van der Waals surface area contributed by atoms with Gasteiger partial charge in [0.25, 0.3) is 5.56 Å². The number of nitrogens with one attached hydrogen (secondary N) is 2. The second-order valence-corrected chi connectivity index (χ2v) is 14.6. The van der Waals surface area contributed by atoms with Crippen LogP contribution >= 0.6 is 22.0 Å². The molecule has 0 saturated carbocycles. The molecule has 8 heteroatoms. The van der Waals surface area contributed by atoms with Crippen LogP contribution in [-0.4, -0.2) is 34.1 Å². The van der Waals surface area contributed by atoms with Gasteiger partial charge in [0.1, 0.15) is 11.3 Å². The fourth-order valence-electron chi connectivity index (χ4n) is 3.87. The summed E-state index contributed by atoms with van der Waals surface area (Å²) in [6.07, 6.45) is 10.2. The van der Waals surface area contributed by atoms with Gasteiger partial charge in [-0.1, -0.05) is 24.9 Å². The summed E-state index contributed by atoms with van der Waals surface area (Å²) in [5.74, 6) is 2.06. The number of aromatic nitrogens is 2. The topological polar surface area (TPSA) is 59.0 Å². The maximum absolute atomic E-state index is 15.0. The summed E-state index contributed by atoms with van der Waals surface area (Å²) in [6, 6.07) is 12.8. The van der Waals surface area contributed by atoms with Crippen molar-refractivity contribution in [1.29, 1.82) is 0 Å². The summed E-state index contributed by atoms with van der Waals surface area (Å²) in [6.45, 7) is 2.07. The van der Waals surface area contributed by atoms with Crippen LogP contribution in [0.25, 0.3) is 22.0 Å². The van der Waals surface area contributed by atoms with Crippen LogP contribution in [-0.2, 0) is 12.8 Å². The first-order valence-corrected chi connectivity index (χ1v) is 15.0. The van der Waals surface area contributed by atoms with E-state index in [0.29, 0.717) is 11.3 Å². The number of pyridine rings is 1. The number of nitrogens with zero attached hydrogens (tertiary/aromatic N) is 1. The van der Waals surface area contributed by atoms with E-state index in [4.69, 9.17) is 4.74 Å². The third-order valence-corrected chi connectivity index (χ3v) is 7.18. The van der Waals surface area contributed by atoms with Crippen molar-refractivity contribution >= 4 is 38.6 Å². The fraction of sp³-hybridized carbons (Fsp3) is 0.269. The monoisotopic (exact) mass is 499 g/mol. The van der Waals surface area contributed by atoms with Crippen LogP contribution in [0.5, 0.6) is 11.5 Å². The van der Waals surface area contributed by atoms with Gasteiger partial charge in [-0.3, -0.25) is 4.79 Å². The van der Waals surface area contributed by atoms with Crippen molar-refractivity contribution < 1.29 is 9.13 Å². The summed E-state index contributed by atoms with van der Waals surface area (Å²) >= 11 is 1.58. The highest BCUT2D eigenvalue weighted by atomic mass is 32.3. The molecule has 4 aromatic rings. The molecule has 2 N–H and O–H groups in total. The molecular weight excluding hydrogens is 469 g/mol. The van der Waals surface area contributed by atoms with Gasteiger partial charge in [0.05, 0.1) is 0 Å². The van der Waals surface area contributed by atoms with Gasteiger partial charge in [-0.05, 0) is 60.7 Å². The molecule has 0 spiro atoms. The molecule has 0 atom stereocenters. The highest BCUT2D eigenvalue weighted by Crippen LogP contribution is 2.41. The summed E-state index contributed by atoms with van der Waals surface area (Å²) in [4.78, 5) is 15.6. The molecule has 0 aliphatic rings. The van der Waals surface area contributed by atoms with E-state index in [2.05, 4.69) is 35.4 Å². The van der Waals surface area contributed by atoms with Crippen LogP contribution in [0.1, 0.15) is 12.5 Å². The second kappa shape index (κ2) is 9.80. The van der Waals surface area contributed by atoms with Crippen molar-refractivity contribution in [1.82, 2.24) is 9.55 Å². The average Bonchev–Trinajstić information content (AvgIpc) is 3.26. The quantitative estimate of drug-likeness (QED) is 0.264. The fourth-order valence-corrected chi connectivity index (χ4v) is 5.48. The zero-order valence-corrected chi connectivity index (χ0v) is 21.7. The lowest BCUT2D eigenvalue weighted by atomic mass is 10.0. The lowest BCUT2D eigenvalue weighted by Gasteiger charge is -2.25. The summed E-state index contributed by atoms with van der Waals surface area (Å²) in [5.41, 5.74) is 3.87. The molecule has 0 bridgehead atoms. The van der Waals surface area contributed by atoms with Gasteiger partial charge in [-0.15, -0.1) is 0 Å². The number of hydrogen-bond acceptors (Lipinski definition) is 4. The Kier molecular flexibility index (Phi) is 7.00. The summed E-state index contributed by atoms with van der Waals surface area (Å²) in [5, 5.41) is 0.789. The number of anilines is 1. The number of ether oxygens (including phenoxy) is 1. The molecule has 0 amide bonds. The Balaban J connectivity index is 1.80. The number of benzene rings is 2. The van der Waals surface area contributed by atoms with Crippen LogP contribution in [0.3, 0.4) is 0 Å². The largest absolute Gasteiger partial charge is 0.454 e.